The molecule has 1 heterocycles. The zero-order valence-corrected chi connectivity index (χ0v) is 9.71. The van der Waals surface area contributed by atoms with Gasteiger partial charge >= 0.3 is 5.97 Å². The molecule has 0 atom stereocenters. The van der Waals surface area contributed by atoms with Crippen molar-refractivity contribution < 1.29 is 19.4 Å². The molecule has 0 amide bonds. The number of rotatable bonds is 5. The monoisotopic (exact) mass is 248 g/mol. The Morgan fingerprint density at radius 2 is 2.22 bits per heavy atom. The van der Waals surface area contributed by atoms with E-state index in [0.29, 0.717) is 11.4 Å². The minimum absolute atomic E-state index is 0.235. The molecular formula is C12H12N2O4. The van der Waals surface area contributed by atoms with Crippen LogP contribution in [0.2, 0.25) is 0 Å². The zero-order valence-electron chi connectivity index (χ0n) is 9.71. The fourth-order valence-corrected chi connectivity index (χ4v) is 1.52. The van der Waals surface area contributed by atoms with Crippen molar-refractivity contribution in [3.05, 3.63) is 30.3 Å². The summed E-state index contributed by atoms with van der Waals surface area (Å²) in [6, 6.07) is 9.05. The second-order valence-electron chi connectivity index (χ2n) is 3.50. The Kier molecular flexibility index (Phi) is 3.47. The second-order valence-corrected chi connectivity index (χ2v) is 3.50. The number of H-pyrrole nitrogens is 1. The van der Waals surface area contributed by atoms with E-state index in [1.165, 1.54) is 0 Å². The molecule has 2 aromatic rings. The van der Waals surface area contributed by atoms with Crippen molar-refractivity contribution in [1.29, 1.82) is 0 Å². The van der Waals surface area contributed by atoms with Crippen molar-refractivity contribution in [3.63, 3.8) is 0 Å². The topological polar surface area (TPSA) is 84.4 Å². The van der Waals surface area contributed by atoms with E-state index in [2.05, 4.69) is 10.2 Å². The van der Waals surface area contributed by atoms with Gasteiger partial charge < -0.3 is 14.6 Å². The minimum atomic E-state index is -1.04. The van der Waals surface area contributed by atoms with Crippen molar-refractivity contribution in [2.24, 2.45) is 0 Å². The van der Waals surface area contributed by atoms with Gasteiger partial charge in [0.1, 0.15) is 5.75 Å². The van der Waals surface area contributed by atoms with Crippen LogP contribution in [0.25, 0.3) is 11.3 Å². The highest BCUT2D eigenvalue weighted by molar-refractivity contribution is 5.69. The standard InChI is InChI=1S/C12H12N2O4/c1-17-10-5-3-2-4-8(10)9-6-11(14-13-9)18-7-12(15)16/h2-6H,7H2,1H3,(H,13,14)(H,15,16). The van der Waals surface area contributed by atoms with Crippen LogP contribution in [0.1, 0.15) is 0 Å². The van der Waals surface area contributed by atoms with Crippen LogP contribution in [0.15, 0.2) is 30.3 Å². The van der Waals surface area contributed by atoms with Gasteiger partial charge in [-0.1, -0.05) is 12.1 Å². The summed E-state index contributed by atoms with van der Waals surface area (Å²) in [5.41, 5.74) is 1.53. The van der Waals surface area contributed by atoms with Gasteiger partial charge in [-0.3, -0.25) is 5.10 Å². The number of carboxylic acids is 1. The average molecular weight is 248 g/mol. The number of nitrogens with one attached hydrogen (secondary N) is 1. The summed E-state index contributed by atoms with van der Waals surface area (Å²) in [6.07, 6.45) is 0. The van der Waals surface area contributed by atoms with Crippen molar-refractivity contribution in [3.8, 4) is 22.9 Å². The van der Waals surface area contributed by atoms with Gasteiger partial charge in [-0.2, -0.15) is 0 Å². The summed E-state index contributed by atoms with van der Waals surface area (Å²) in [7, 11) is 1.58. The van der Waals surface area contributed by atoms with E-state index in [4.69, 9.17) is 14.6 Å². The summed E-state index contributed by atoms with van der Waals surface area (Å²) in [5.74, 6) is -0.110. The van der Waals surface area contributed by atoms with Crippen LogP contribution in [-0.4, -0.2) is 35.0 Å². The summed E-state index contributed by atoms with van der Waals surface area (Å²) in [4.78, 5) is 10.4. The molecule has 0 fully saturated rings. The SMILES string of the molecule is COc1ccccc1-c1cc(OCC(=O)O)n[nH]1. The predicted molar refractivity (Wildman–Crippen MR) is 63.7 cm³/mol. The van der Waals surface area contributed by atoms with E-state index < -0.39 is 12.6 Å². The lowest BCUT2D eigenvalue weighted by molar-refractivity contribution is -0.139. The lowest BCUT2D eigenvalue weighted by Gasteiger charge is -2.04. The third-order valence-corrected chi connectivity index (χ3v) is 2.30. The molecule has 6 heteroatoms. The number of methoxy groups -OCH3 is 1. The highest BCUT2D eigenvalue weighted by Crippen LogP contribution is 2.29. The number of ether oxygens (including phenoxy) is 2. The Morgan fingerprint density at radius 3 is 2.94 bits per heavy atom. The Bertz CT molecular complexity index is 551. The molecule has 0 bridgehead atoms. The van der Waals surface area contributed by atoms with E-state index in [9.17, 15) is 4.79 Å². The highest BCUT2D eigenvalue weighted by Gasteiger charge is 2.09. The van der Waals surface area contributed by atoms with Crippen molar-refractivity contribution in [1.82, 2.24) is 10.2 Å². The first-order valence-electron chi connectivity index (χ1n) is 5.24. The van der Waals surface area contributed by atoms with E-state index in [0.717, 1.165) is 5.56 Å². The average Bonchev–Trinajstić information content (AvgIpc) is 2.85. The molecular weight excluding hydrogens is 236 g/mol. The molecule has 18 heavy (non-hydrogen) atoms. The number of nitrogens with zero attached hydrogens (tertiary/aromatic N) is 1. The molecule has 1 aromatic heterocycles. The molecule has 0 saturated heterocycles. The number of carboxylic acid groups (broad SMARTS) is 1. The first kappa shape index (κ1) is 12.0. The smallest absolute Gasteiger partial charge is 0.341 e. The maximum absolute atomic E-state index is 10.4. The molecule has 2 rings (SSSR count). The first-order valence-corrected chi connectivity index (χ1v) is 5.24. The zero-order chi connectivity index (χ0) is 13.0. The van der Waals surface area contributed by atoms with Crippen molar-refractivity contribution in [2.75, 3.05) is 13.7 Å². The molecule has 2 N–H and O–H groups in total. The fourth-order valence-electron chi connectivity index (χ4n) is 1.52. The number of hydrogen-bond acceptors (Lipinski definition) is 4. The normalized spacial score (nSPS) is 10.1. The van der Waals surface area contributed by atoms with E-state index in [-0.39, 0.29) is 5.88 Å². The lowest BCUT2D eigenvalue weighted by atomic mass is 10.1. The third kappa shape index (κ3) is 2.60. The highest BCUT2D eigenvalue weighted by atomic mass is 16.5. The van der Waals surface area contributed by atoms with Gasteiger partial charge in [-0.05, 0) is 12.1 Å². The molecule has 94 valence electrons. The third-order valence-electron chi connectivity index (χ3n) is 2.30. The van der Waals surface area contributed by atoms with Gasteiger partial charge in [0.15, 0.2) is 6.61 Å². The molecule has 0 aliphatic heterocycles. The van der Waals surface area contributed by atoms with Gasteiger partial charge in [-0.25, -0.2) is 4.79 Å². The van der Waals surface area contributed by atoms with Crippen LogP contribution < -0.4 is 9.47 Å². The van der Waals surface area contributed by atoms with E-state index >= 15 is 0 Å². The minimum Gasteiger partial charge on any atom is -0.496 e. The van der Waals surface area contributed by atoms with E-state index in [1.54, 1.807) is 13.2 Å². The Morgan fingerprint density at radius 1 is 1.44 bits per heavy atom. The Balaban J connectivity index is 2.21. The number of aromatic amines is 1. The number of aromatic nitrogens is 2. The summed E-state index contributed by atoms with van der Waals surface area (Å²) < 4.78 is 10.2. The van der Waals surface area contributed by atoms with Crippen LogP contribution in [0.5, 0.6) is 11.6 Å². The van der Waals surface area contributed by atoms with Crippen LogP contribution in [0.3, 0.4) is 0 Å². The Labute approximate surface area is 103 Å². The second kappa shape index (κ2) is 5.22. The maximum atomic E-state index is 10.4. The molecule has 0 saturated carbocycles. The van der Waals surface area contributed by atoms with E-state index in [1.807, 2.05) is 24.3 Å². The van der Waals surface area contributed by atoms with Crippen LogP contribution in [0.4, 0.5) is 0 Å². The molecule has 0 unspecified atom stereocenters. The molecule has 0 spiro atoms. The van der Waals surface area contributed by atoms with Gasteiger partial charge in [-0.15, -0.1) is 5.10 Å². The van der Waals surface area contributed by atoms with Crippen molar-refractivity contribution >= 4 is 5.97 Å². The maximum Gasteiger partial charge on any atom is 0.341 e. The molecule has 0 aliphatic rings. The van der Waals surface area contributed by atoms with Gasteiger partial charge in [0, 0.05) is 11.6 Å². The molecule has 0 radical (unpaired) electrons. The van der Waals surface area contributed by atoms with Crippen LogP contribution >= 0.6 is 0 Å². The number of hydrogen-bond donors (Lipinski definition) is 2. The number of benzene rings is 1. The van der Waals surface area contributed by atoms with Gasteiger partial charge in [0.05, 0.1) is 12.8 Å². The summed E-state index contributed by atoms with van der Waals surface area (Å²) in [6.45, 7) is -0.420. The number of carbonyl (C=O) groups is 1. The largest absolute Gasteiger partial charge is 0.496 e. The summed E-state index contributed by atoms with van der Waals surface area (Å²) in [5, 5.41) is 15.1. The predicted octanol–water partition coefficient (Wildman–Crippen LogP) is 1.55. The van der Waals surface area contributed by atoms with Gasteiger partial charge in [0.25, 0.3) is 0 Å². The van der Waals surface area contributed by atoms with Crippen LogP contribution in [-0.2, 0) is 4.79 Å². The van der Waals surface area contributed by atoms with Crippen molar-refractivity contribution in [2.45, 2.75) is 0 Å². The molecule has 0 aliphatic carbocycles. The van der Waals surface area contributed by atoms with Crippen LogP contribution in [0, 0.1) is 0 Å². The summed E-state index contributed by atoms with van der Waals surface area (Å²) >= 11 is 0. The quantitative estimate of drug-likeness (QED) is 0.838. The number of aliphatic carboxylic acids is 1. The Hall–Kier alpha value is -2.50. The first-order chi connectivity index (χ1) is 8.70. The fraction of sp³-hybridized carbons (Fsp3) is 0.167. The lowest BCUT2D eigenvalue weighted by Crippen LogP contribution is -2.09. The number of para-hydroxylation sites is 1. The van der Waals surface area contributed by atoms with Gasteiger partial charge in [0.2, 0.25) is 5.88 Å². The molecule has 1 aromatic carbocycles. The molecule has 6 nitrogen and oxygen atoms in total.